The molecule has 0 atom stereocenters. The molecule has 2 aromatic heterocycles. The van der Waals surface area contributed by atoms with Gasteiger partial charge in [0.05, 0.1) is 0 Å². The average Bonchev–Trinajstić information content (AvgIpc) is 3.20. The summed E-state index contributed by atoms with van der Waals surface area (Å²) >= 11 is 0. The summed E-state index contributed by atoms with van der Waals surface area (Å²) in [5, 5.41) is 9.23. The minimum Gasteiger partial charge on any atom is -0.228 e. The zero-order valence-corrected chi connectivity index (χ0v) is 14.2. The molecule has 0 aliphatic rings. The van der Waals surface area contributed by atoms with Crippen molar-refractivity contribution in [1.82, 2.24) is 29.5 Å². The van der Waals surface area contributed by atoms with Crippen molar-refractivity contribution in [2.75, 3.05) is 0 Å². The van der Waals surface area contributed by atoms with Crippen LogP contribution in [0, 0.1) is 13.8 Å². The molecule has 0 fully saturated rings. The number of aromatic nitrogens is 6. The van der Waals surface area contributed by atoms with Crippen LogP contribution in [0.15, 0.2) is 60.7 Å². The molecule has 0 spiro atoms. The molecule has 124 valence electrons. The van der Waals surface area contributed by atoms with Crippen LogP contribution in [0.2, 0.25) is 0 Å². The second kappa shape index (κ2) is 6.32. The van der Waals surface area contributed by atoms with Gasteiger partial charge in [-0.2, -0.15) is 0 Å². The van der Waals surface area contributed by atoms with Gasteiger partial charge in [-0.3, -0.25) is 0 Å². The summed E-state index contributed by atoms with van der Waals surface area (Å²) < 4.78 is 3.69. The number of rotatable bonds is 4. The van der Waals surface area contributed by atoms with Gasteiger partial charge < -0.3 is 0 Å². The zero-order valence-electron chi connectivity index (χ0n) is 14.2. The van der Waals surface area contributed by atoms with E-state index in [-0.39, 0.29) is 0 Å². The minimum absolute atomic E-state index is 0.483. The highest BCUT2D eigenvalue weighted by molar-refractivity contribution is 5.54. The number of nitrogens with zero attached hydrogens (tertiary/aromatic N) is 6. The molecule has 0 unspecified atom stereocenters. The Kier molecular flexibility index (Phi) is 3.85. The molecule has 0 amide bonds. The molecule has 0 saturated carbocycles. The molecule has 0 aliphatic heterocycles. The maximum Gasteiger partial charge on any atom is 0.181 e. The number of hydrogen-bond donors (Lipinski definition) is 0. The Morgan fingerprint density at radius 3 is 1.44 bits per heavy atom. The Hall–Kier alpha value is -3.28. The van der Waals surface area contributed by atoms with E-state index < -0.39 is 0 Å². The highest BCUT2D eigenvalue weighted by Gasteiger charge is 2.12. The monoisotopic (exact) mass is 330 g/mol. The van der Waals surface area contributed by atoms with Gasteiger partial charge in [0, 0.05) is 11.1 Å². The first-order chi connectivity index (χ1) is 12.2. The van der Waals surface area contributed by atoms with Crippen LogP contribution in [-0.2, 0) is 6.67 Å². The Morgan fingerprint density at radius 1 is 0.640 bits per heavy atom. The fourth-order valence-corrected chi connectivity index (χ4v) is 2.65. The lowest BCUT2D eigenvalue weighted by molar-refractivity contribution is 0.482. The van der Waals surface area contributed by atoms with E-state index in [0.29, 0.717) is 6.67 Å². The van der Waals surface area contributed by atoms with Crippen molar-refractivity contribution in [2.45, 2.75) is 20.5 Å². The number of benzene rings is 2. The van der Waals surface area contributed by atoms with Crippen LogP contribution in [0.4, 0.5) is 0 Å². The van der Waals surface area contributed by atoms with E-state index in [9.17, 15) is 0 Å². The molecule has 2 heterocycles. The number of hydrogen-bond acceptors (Lipinski definition) is 4. The molecule has 0 aliphatic carbocycles. The van der Waals surface area contributed by atoms with E-state index in [1.165, 1.54) is 0 Å². The summed E-state index contributed by atoms with van der Waals surface area (Å²) in [7, 11) is 0. The predicted molar refractivity (Wildman–Crippen MR) is 95.8 cm³/mol. The van der Waals surface area contributed by atoms with Crippen LogP contribution in [0.3, 0.4) is 0 Å². The molecule has 0 N–H and O–H groups in total. The number of aryl methyl sites for hydroxylation is 2. The predicted octanol–water partition coefficient (Wildman–Crippen LogP) is 3.33. The molecule has 0 bridgehead atoms. The maximum absolute atomic E-state index is 4.62. The van der Waals surface area contributed by atoms with Crippen molar-refractivity contribution in [3.05, 3.63) is 72.3 Å². The first kappa shape index (κ1) is 15.3. The van der Waals surface area contributed by atoms with Crippen molar-refractivity contribution in [3.8, 4) is 22.8 Å². The van der Waals surface area contributed by atoms with E-state index in [2.05, 4.69) is 20.2 Å². The molecule has 0 saturated heterocycles. The summed E-state index contributed by atoms with van der Waals surface area (Å²) in [6, 6.07) is 19.9. The summed E-state index contributed by atoms with van der Waals surface area (Å²) in [6.45, 7) is 4.38. The van der Waals surface area contributed by atoms with E-state index in [4.69, 9.17) is 0 Å². The van der Waals surface area contributed by atoms with Crippen molar-refractivity contribution >= 4 is 0 Å². The lowest BCUT2D eigenvalue weighted by Gasteiger charge is -2.04. The lowest BCUT2D eigenvalue weighted by atomic mass is 10.2. The first-order valence-corrected chi connectivity index (χ1v) is 8.14. The topological polar surface area (TPSA) is 61.4 Å². The van der Waals surface area contributed by atoms with Crippen LogP contribution >= 0.6 is 0 Å². The normalized spacial score (nSPS) is 11.0. The van der Waals surface area contributed by atoms with E-state index in [1.807, 2.05) is 83.9 Å². The second-order valence-electron chi connectivity index (χ2n) is 5.84. The Balaban J connectivity index is 1.63. The molecule has 6 nitrogen and oxygen atoms in total. The van der Waals surface area contributed by atoms with Crippen LogP contribution in [0.25, 0.3) is 22.8 Å². The highest BCUT2D eigenvalue weighted by Crippen LogP contribution is 2.17. The Bertz CT molecular complexity index is 904. The van der Waals surface area contributed by atoms with Gasteiger partial charge in [0.1, 0.15) is 18.3 Å². The highest BCUT2D eigenvalue weighted by atomic mass is 15.5. The molecule has 25 heavy (non-hydrogen) atoms. The van der Waals surface area contributed by atoms with Crippen molar-refractivity contribution in [2.24, 2.45) is 0 Å². The quantitative estimate of drug-likeness (QED) is 0.576. The standard InChI is InChI=1S/C19H18N6/c1-14-20-18(16-9-5-3-6-10-16)22-24(14)13-25-15(2)21-19(23-25)17-11-7-4-8-12-17/h3-12H,13H2,1-2H3. The smallest absolute Gasteiger partial charge is 0.181 e. The molecule has 6 heteroatoms. The fourth-order valence-electron chi connectivity index (χ4n) is 2.65. The summed E-state index contributed by atoms with van der Waals surface area (Å²) in [5.74, 6) is 3.13. The zero-order chi connectivity index (χ0) is 17.2. The van der Waals surface area contributed by atoms with Crippen molar-refractivity contribution in [1.29, 1.82) is 0 Å². The molecule has 2 aromatic carbocycles. The van der Waals surface area contributed by atoms with Gasteiger partial charge in [0.2, 0.25) is 0 Å². The third-order valence-corrected chi connectivity index (χ3v) is 4.05. The van der Waals surface area contributed by atoms with Crippen LogP contribution in [0.1, 0.15) is 11.6 Å². The molecular formula is C19H18N6. The molecular weight excluding hydrogens is 312 g/mol. The van der Waals surface area contributed by atoms with Crippen LogP contribution < -0.4 is 0 Å². The van der Waals surface area contributed by atoms with Crippen molar-refractivity contribution < 1.29 is 0 Å². The van der Waals surface area contributed by atoms with E-state index >= 15 is 0 Å². The Labute approximate surface area is 145 Å². The first-order valence-electron chi connectivity index (χ1n) is 8.14. The van der Waals surface area contributed by atoms with Gasteiger partial charge in [-0.25, -0.2) is 19.3 Å². The third-order valence-electron chi connectivity index (χ3n) is 4.05. The fraction of sp³-hybridized carbons (Fsp3) is 0.158. The third kappa shape index (κ3) is 3.06. The largest absolute Gasteiger partial charge is 0.228 e. The molecule has 4 aromatic rings. The summed E-state index contributed by atoms with van der Waals surface area (Å²) in [4.78, 5) is 9.12. The van der Waals surface area contributed by atoms with E-state index in [1.54, 1.807) is 0 Å². The molecule has 0 radical (unpaired) electrons. The molecule has 4 rings (SSSR count). The average molecular weight is 330 g/mol. The lowest BCUT2D eigenvalue weighted by Crippen LogP contribution is -2.13. The van der Waals surface area contributed by atoms with Crippen LogP contribution in [-0.4, -0.2) is 29.5 Å². The maximum atomic E-state index is 4.62. The van der Waals surface area contributed by atoms with Gasteiger partial charge >= 0.3 is 0 Å². The van der Waals surface area contributed by atoms with Gasteiger partial charge in [0.25, 0.3) is 0 Å². The van der Waals surface area contributed by atoms with Gasteiger partial charge in [0.15, 0.2) is 11.6 Å². The van der Waals surface area contributed by atoms with Gasteiger partial charge in [-0.1, -0.05) is 60.7 Å². The van der Waals surface area contributed by atoms with Crippen LogP contribution in [0.5, 0.6) is 0 Å². The Morgan fingerprint density at radius 2 is 1.04 bits per heavy atom. The summed E-state index contributed by atoms with van der Waals surface area (Å²) in [6.07, 6.45) is 0. The van der Waals surface area contributed by atoms with Gasteiger partial charge in [-0.15, -0.1) is 10.2 Å². The minimum atomic E-state index is 0.483. The SMILES string of the molecule is Cc1nc(-c2ccccc2)nn1Cn1nc(-c2ccccc2)nc1C. The van der Waals surface area contributed by atoms with Gasteiger partial charge in [-0.05, 0) is 13.8 Å². The summed E-state index contributed by atoms with van der Waals surface area (Å²) in [5.41, 5.74) is 2.01. The second-order valence-corrected chi connectivity index (χ2v) is 5.84. The van der Waals surface area contributed by atoms with Crippen molar-refractivity contribution in [3.63, 3.8) is 0 Å². The van der Waals surface area contributed by atoms with E-state index in [0.717, 1.165) is 34.4 Å².